The van der Waals surface area contributed by atoms with Crippen molar-refractivity contribution in [1.82, 2.24) is 4.90 Å². The first kappa shape index (κ1) is 23.2. The van der Waals surface area contributed by atoms with E-state index in [1.807, 2.05) is 13.8 Å². The Hall–Kier alpha value is -0.820. The predicted molar refractivity (Wildman–Crippen MR) is 108 cm³/mol. The SMILES string of the molecule is CN(CC(C)(C)CN)C(=O)C1(S(=O)(=O)c2ccc(Cl)cc2)CCCC1.Cl. The first-order valence-corrected chi connectivity index (χ1v) is 10.4. The second kappa shape index (κ2) is 8.46. The van der Waals surface area contributed by atoms with Crippen molar-refractivity contribution in [1.29, 1.82) is 0 Å². The summed E-state index contributed by atoms with van der Waals surface area (Å²) in [5.74, 6) is -0.332. The molecule has 0 unspecified atom stereocenters. The minimum absolute atomic E-state index is 0. The van der Waals surface area contributed by atoms with E-state index in [-0.39, 0.29) is 28.6 Å². The molecule has 2 N–H and O–H groups in total. The molecule has 8 heteroatoms. The molecule has 1 saturated carbocycles. The fourth-order valence-corrected chi connectivity index (χ4v) is 5.79. The molecule has 1 aliphatic rings. The van der Waals surface area contributed by atoms with Gasteiger partial charge in [-0.3, -0.25) is 4.79 Å². The summed E-state index contributed by atoms with van der Waals surface area (Å²) in [5, 5.41) is 0.465. The van der Waals surface area contributed by atoms with Gasteiger partial charge < -0.3 is 10.6 Å². The number of nitrogens with zero attached hydrogens (tertiary/aromatic N) is 1. The van der Waals surface area contributed by atoms with E-state index in [4.69, 9.17) is 17.3 Å². The van der Waals surface area contributed by atoms with Gasteiger partial charge in [-0.1, -0.05) is 38.3 Å². The van der Waals surface area contributed by atoms with Crippen LogP contribution in [0.2, 0.25) is 5.02 Å². The molecule has 148 valence electrons. The van der Waals surface area contributed by atoms with Crippen molar-refractivity contribution >= 4 is 39.8 Å². The molecular formula is C18H28Cl2N2O3S. The molecule has 5 nitrogen and oxygen atoms in total. The zero-order valence-electron chi connectivity index (χ0n) is 15.5. The summed E-state index contributed by atoms with van der Waals surface area (Å²) in [7, 11) is -2.14. The van der Waals surface area contributed by atoms with Gasteiger partial charge in [-0.2, -0.15) is 0 Å². The lowest BCUT2D eigenvalue weighted by Gasteiger charge is -2.36. The van der Waals surface area contributed by atoms with Gasteiger partial charge in [0.05, 0.1) is 4.90 Å². The molecule has 0 heterocycles. The van der Waals surface area contributed by atoms with Gasteiger partial charge in [0, 0.05) is 18.6 Å². The van der Waals surface area contributed by atoms with Gasteiger partial charge in [-0.25, -0.2) is 8.42 Å². The maximum Gasteiger partial charge on any atom is 0.244 e. The van der Waals surface area contributed by atoms with E-state index in [9.17, 15) is 13.2 Å². The lowest BCUT2D eigenvalue weighted by Crippen LogP contribution is -2.53. The van der Waals surface area contributed by atoms with Crippen molar-refractivity contribution in [3.63, 3.8) is 0 Å². The third-order valence-corrected chi connectivity index (χ3v) is 7.76. The predicted octanol–water partition coefficient (Wildman–Crippen LogP) is 3.29. The second-order valence-corrected chi connectivity index (χ2v) is 10.4. The van der Waals surface area contributed by atoms with Gasteiger partial charge in [-0.15, -0.1) is 12.4 Å². The van der Waals surface area contributed by atoms with Crippen LogP contribution in [0.5, 0.6) is 0 Å². The highest BCUT2D eigenvalue weighted by molar-refractivity contribution is 7.93. The van der Waals surface area contributed by atoms with E-state index in [2.05, 4.69) is 0 Å². The zero-order valence-corrected chi connectivity index (χ0v) is 17.9. The van der Waals surface area contributed by atoms with Gasteiger partial charge in [0.15, 0.2) is 14.6 Å². The average molecular weight is 423 g/mol. The molecule has 1 aliphatic carbocycles. The van der Waals surface area contributed by atoms with E-state index in [1.165, 1.54) is 17.0 Å². The van der Waals surface area contributed by atoms with Crippen LogP contribution in [0.3, 0.4) is 0 Å². The van der Waals surface area contributed by atoms with Crippen LogP contribution in [-0.2, 0) is 14.6 Å². The van der Waals surface area contributed by atoms with Crippen LogP contribution in [-0.4, -0.2) is 44.1 Å². The Kier molecular flexibility index (Phi) is 7.56. The number of carbonyl (C=O) groups is 1. The molecule has 1 aromatic rings. The summed E-state index contributed by atoms with van der Waals surface area (Å²) in [6, 6.07) is 6.05. The summed E-state index contributed by atoms with van der Waals surface area (Å²) in [6.07, 6.45) is 2.16. The number of rotatable bonds is 6. The maximum atomic E-state index is 13.3. The standard InChI is InChI=1S/C18H27ClN2O3S.ClH/c1-17(2,12-20)13-21(3)16(22)18(10-4-5-11-18)25(23,24)15-8-6-14(19)7-9-15;/h6-9H,4-5,10-13,20H2,1-3H3;1H. The first-order chi connectivity index (χ1) is 11.6. The van der Waals surface area contributed by atoms with Crippen molar-refractivity contribution in [3.8, 4) is 0 Å². The highest BCUT2D eigenvalue weighted by atomic mass is 35.5. The van der Waals surface area contributed by atoms with E-state index in [0.717, 1.165) is 12.8 Å². The topological polar surface area (TPSA) is 80.5 Å². The zero-order chi connectivity index (χ0) is 18.9. The molecule has 0 saturated heterocycles. The Labute approximate surface area is 167 Å². The normalized spacial score (nSPS) is 16.8. The first-order valence-electron chi connectivity index (χ1n) is 8.52. The van der Waals surface area contributed by atoms with Gasteiger partial charge in [0.1, 0.15) is 0 Å². The smallest absolute Gasteiger partial charge is 0.244 e. The third-order valence-electron chi connectivity index (χ3n) is 5.00. The van der Waals surface area contributed by atoms with Crippen molar-refractivity contribution in [2.45, 2.75) is 49.2 Å². The number of nitrogens with two attached hydrogens (primary N) is 1. The van der Waals surface area contributed by atoms with E-state index in [0.29, 0.717) is 31.0 Å². The van der Waals surface area contributed by atoms with Crippen LogP contribution in [0.25, 0.3) is 0 Å². The number of carbonyl (C=O) groups excluding carboxylic acids is 1. The van der Waals surface area contributed by atoms with Gasteiger partial charge in [0.2, 0.25) is 5.91 Å². The molecule has 2 rings (SSSR count). The summed E-state index contributed by atoms with van der Waals surface area (Å²) < 4.78 is 25.3. The van der Waals surface area contributed by atoms with E-state index in [1.54, 1.807) is 19.2 Å². The van der Waals surface area contributed by atoms with Crippen molar-refractivity contribution in [2.24, 2.45) is 11.1 Å². The number of halogens is 2. The molecule has 0 aliphatic heterocycles. The molecule has 0 bridgehead atoms. The summed E-state index contributed by atoms with van der Waals surface area (Å²) in [6.45, 7) is 4.76. The number of amides is 1. The Morgan fingerprint density at radius 2 is 1.73 bits per heavy atom. The monoisotopic (exact) mass is 422 g/mol. The summed E-state index contributed by atoms with van der Waals surface area (Å²) >= 11 is 5.88. The van der Waals surface area contributed by atoms with Crippen LogP contribution < -0.4 is 5.73 Å². The molecule has 0 radical (unpaired) electrons. The van der Waals surface area contributed by atoms with Gasteiger partial charge in [0.25, 0.3) is 0 Å². The lowest BCUT2D eigenvalue weighted by atomic mass is 9.92. The molecule has 0 atom stereocenters. The molecule has 0 spiro atoms. The molecular weight excluding hydrogens is 395 g/mol. The average Bonchev–Trinajstić information content (AvgIpc) is 3.05. The Bertz CT molecular complexity index is 727. The molecule has 1 fully saturated rings. The quantitative estimate of drug-likeness (QED) is 0.762. The summed E-state index contributed by atoms with van der Waals surface area (Å²) in [5.41, 5.74) is 5.49. The molecule has 1 aromatic carbocycles. The number of sulfone groups is 1. The van der Waals surface area contributed by atoms with Crippen LogP contribution in [0.15, 0.2) is 29.2 Å². The highest BCUT2D eigenvalue weighted by Crippen LogP contribution is 2.42. The minimum Gasteiger partial charge on any atom is -0.344 e. The Morgan fingerprint density at radius 1 is 1.23 bits per heavy atom. The Morgan fingerprint density at radius 3 is 2.19 bits per heavy atom. The van der Waals surface area contributed by atoms with Gasteiger partial charge >= 0.3 is 0 Å². The largest absolute Gasteiger partial charge is 0.344 e. The van der Waals surface area contributed by atoms with Crippen LogP contribution >= 0.6 is 24.0 Å². The number of hydrogen-bond acceptors (Lipinski definition) is 4. The van der Waals surface area contributed by atoms with Crippen molar-refractivity contribution in [2.75, 3.05) is 20.1 Å². The minimum atomic E-state index is -3.80. The third kappa shape index (κ3) is 4.35. The fourth-order valence-electron chi connectivity index (χ4n) is 3.51. The molecule has 1 amide bonds. The maximum absolute atomic E-state index is 13.3. The fraction of sp³-hybridized carbons (Fsp3) is 0.611. The van der Waals surface area contributed by atoms with E-state index >= 15 is 0 Å². The number of hydrogen-bond donors (Lipinski definition) is 1. The highest BCUT2D eigenvalue weighted by Gasteiger charge is 2.54. The lowest BCUT2D eigenvalue weighted by molar-refractivity contribution is -0.133. The van der Waals surface area contributed by atoms with Crippen molar-refractivity contribution < 1.29 is 13.2 Å². The van der Waals surface area contributed by atoms with Crippen molar-refractivity contribution in [3.05, 3.63) is 29.3 Å². The van der Waals surface area contributed by atoms with Gasteiger partial charge in [-0.05, 0) is 49.1 Å². The van der Waals surface area contributed by atoms with E-state index < -0.39 is 14.6 Å². The van der Waals surface area contributed by atoms with Crippen LogP contribution in [0.1, 0.15) is 39.5 Å². The Balaban J connectivity index is 0.00000338. The number of benzene rings is 1. The summed E-state index contributed by atoms with van der Waals surface area (Å²) in [4.78, 5) is 14.9. The second-order valence-electron chi connectivity index (χ2n) is 7.69. The van der Waals surface area contributed by atoms with Crippen LogP contribution in [0.4, 0.5) is 0 Å². The molecule has 0 aromatic heterocycles. The van der Waals surface area contributed by atoms with Crippen LogP contribution in [0, 0.1) is 5.41 Å². The molecule has 26 heavy (non-hydrogen) atoms.